The highest BCUT2D eigenvalue weighted by Gasteiger charge is 1.89. The third kappa shape index (κ3) is 7.38. The quantitative estimate of drug-likeness (QED) is 0.401. The fourth-order valence-corrected chi connectivity index (χ4v) is 0.310. The van der Waals surface area contributed by atoms with Crippen LogP contribution in [0.25, 0.3) is 0 Å². The molecule has 0 aliphatic rings. The van der Waals surface area contributed by atoms with Gasteiger partial charge in [-0.05, 0) is 12.3 Å². The average molecular weight is 133 g/mol. The smallest absolute Gasteiger partial charge is 0.237 e. The fraction of sp³-hybridized carbons (Fsp3) is 0.667. The molecule has 0 aliphatic heterocycles. The molecule has 0 heterocycles. The number of hydrogen-bond donors (Lipinski definition) is 0. The number of alkyl halides is 2. The predicted molar refractivity (Wildman–Crippen MR) is 28.6 cm³/mol. The Kier molecular flexibility index (Phi) is 5.14. The molecular weight excluding hydrogens is 126 g/mol. The Labute approximate surface area is 52.7 Å². The first-order chi connectivity index (χ1) is 4.27. The minimum Gasteiger partial charge on any atom is -0.237 e. The van der Waals surface area contributed by atoms with Gasteiger partial charge in [-0.2, -0.15) is 8.78 Å². The maximum absolute atomic E-state index is 11.2. The largest absolute Gasteiger partial charge is 0.298 e. The summed E-state index contributed by atoms with van der Waals surface area (Å²) in [6, 6.07) is 0. The van der Waals surface area contributed by atoms with Crippen molar-refractivity contribution in [2.24, 2.45) is 0 Å². The van der Waals surface area contributed by atoms with Crippen LogP contribution in [0, 0.1) is 11.8 Å². The molecule has 51 valence electrons. The van der Waals surface area contributed by atoms with Crippen LogP contribution in [0.1, 0.15) is 12.8 Å². The molecule has 0 unspecified atom stereocenters. The van der Waals surface area contributed by atoms with Crippen LogP contribution in [0.3, 0.4) is 0 Å². The zero-order valence-corrected chi connectivity index (χ0v) is 4.86. The Morgan fingerprint density at radius 1 is 1.44 bits per heavy atom. The van der Waals surface area contributed by atoms with Crippen molar-refractivity contribution in [3.05, 3.63) is 0 Å². The molecular formula is C6H7F2O. The Morgan fingerprint density at radius 3 is 2.56 bits per heavy atom. The molecule has 0 spiro atoms. The molecule has 0 aromatic heterocycles. The highest BCUT2D eigenvalue weighted by atomic mass is 19.3. The van der Waals surface area contributed by atoms with Gasteiger partial charge in [0.05, 0.1) is 6.61 Å². The summed E-state index contributed by atoms with van der Waals surface area (Å²) in [5.41, 5.74) is 0. The number of unbranched alkanes of at least 4 members (excludes halogenated alkanes) is 1. The van der Waals surface area contributed by atoms with Gasteiger partial charge >= 0.3 is 0 Å². The molecule has 0 N–H and O–H groups in total. The highest BCUT2D eigenvalue weighted by Crippen LogP contribution is 1.89. The molecule has 3 heteroatoms. The zero-order valence-electron chi connectivity index (χ0n) is 4.86. The van der Waals surface area contributed by atoms with Crippen molar-refractivity contribution < 1.29 is 13.9 Å². The molecule has 0 amide bonds. The van der Waals surface area contributed by atoms with E-state index in [1.165, 1.54) is 0 Å². The van der Waals surface area contributed by atoms with Crippen LogP contribution >= 0.6 is 0 Å². The Morgan fingerprint density at radius 2 is 2.11 bits per heavy atom. The van der Waals surface area contributed by atoms with Gasteiger partial charge in [0.2, 0.25) is 0 Å². The van der Waals surface area contributed by atoms with Gasteiger partial charge < -0.3 is 0 Å². The molecule has 0 rings (SSSR count). The van der Waals surface area contributed by atoms with Crippen molar-refractivity contribution in [1.82, 2.24) is 0 Å². The van der Waals surface area contributed by atoms with Gasteiger partial charge in [0, 0.05) is 6.42 Å². The normalized spacial score (nSPS) is 8.89. The fourth-order valence-electron chi connectivity index (χ4n) is 0.310. The summed E-state index contributed by atoms with van der Waals surface area (Å²) < 4.78 is 22.4. The molecule has 0 aliphatic carbocycles. The molecule has 0 aromatic rings. The third-order valence-corrected chi connectivity index (χ3v) is 0.657. The van der Waals surface area contributed by atoms with Crippen LogP contribution in [0.2, 0.25) is 0 Å². The number of rotatable bonds is 2. The van der Waals surface area contributed by atoms with Crippen molar-refractivity contribution >= 4 is 0 Å². The molecule has 1 radical (unpaired) electrons. The van der Waals surface area contributed by atoms with E-state index in [-0.39, 0.29) is 13.0 Å². The van der Waals surface area contributed by atoms with E-state index in [1.807, 2.05) is 0 Å². The molecule has 0 saturated heterocycles. The summed E-state index contributed by atoms with van der Waals surface area (Å²) in [5, 5.41) is 9.72. The van der Waals surface area contributed by atoms with E-state index in [4.69, 9.17) is 0 Å². The van der Waals surface area contributed by atoms with Gasteiger partial charge in [-0.1, -0.05) is 5.92 Å². The number of halogens is 2. The van der Waals surface area contributed by atoms with Crippen molar-refractivity contribution in [2.75, 3.05) is 6.61 Å². The van der Waals surface area contributed by atoms with E-state index >= 15 is 0 Å². The van der Waals surface area contributed by atoms with Crippen molar-refractivity contribution in [2.45, 2.75) is 19.3 Å². The van der Waals surface area contributed by atoms with E-state index in [0.29, 0.717) is 6.42 Å². The minimum atomic E-state index is -2.56. The Balaban J connectivity index is 3.16. The van der Waals surface area contributed by atoms with Crippen molar-refractivity contribution in [1.29, 1.82) is 0 Å². The molecule has 0 atom stereocenters. The third-order valence-electron chi connectivity index (χ3n) is 0.657. The van der Waals surface area contributed by atoms with E-state index < -0.39 is 6.43 Å². The lowest BCUT2D eigenvalue weighted by Crippen LogP contribution is -1.82. The lowest BCUT2D eigenvalue weighted by molar-refractivity contribution is 0.190. The summed E-state index contributed by atoms with van der Waals surface area (Å²) in [5.74, 6) is 3.84. The number of hydrogen-bond acceptors (Lipinski definition) is 0. The zero-order chi connectivity index (χ0) is 7.11. The van der Waals surface area contributed by atoms with E-state index in [0.717, 1.165) is 0 Å². The first-order valence-corrected chi connectivity index (χ1v) is 2.62. The van der Waals surface area contributed by atoms with Gasteiger partial charge in [0.25, 0.3) is 6.43 Å². The summed E-state index contributed by atoms with van der Waals surface area (Å²) in [6.07, 6.45) is -1.91. The lowest BCUT2D eigenvalue weighted by atomic mass is 10.3. The second kappa shape index (κ2) is 5.52. The monoisotopic (exact) mass is 133 g/mol. The summed E-state index contributed by atoms with van der Waals surface area (Å²) >= 11 is 0. The maximum atomic E-state index is 11.2. The van der Waals surface area contributed by atoms with E-state index in [9.17, 15) is 13.9 Å². The molecule has 9 heavy (non-hydrogen) atoms. The van der Waals surface area contributed by atoms with E-state index in [1.54, 1.807) is 5.92 Å². The molecule has 0 aromatic carbocycles. The Hall–Kier alpha value is -0.620. The molecule has 0 saturated carbocycles. The first kappa shape index (κ1) is 8.38. The standard InChI is InChI=1S/C6H7F2O/c7-6(8)4-2-1-3-5-9/h6H,1,3,5H2. The summed E-state index contributed by atoms with van der Waals surface area (Å²) in [6.45, 7) is -0.238. The van der Waals surface area contributed by atoms with Crippen LogP contribution in [0.5, 0.6) is 0 Å². The van der Waals surface area contributed by atoms with E-state index in [2.05, 4.69) is 5.92 Å². The van der Waals surface area contributed by atoms with Crippen LogP contribution in [-0.2, 0) is 5.11 Å². The van der Waals surface area contributed by atoms with Crippen LogP contribution < -0.4 is 0 Å². The first-order valence-electron chi connectivity index (χ1n) is 2.62. The van der Waals surface area contributed by atoms with Gasteiger partial charge in [-0.15, -0.1) is 0 Å². The average Bonchev–Trinajstić information content (AvgIpc) is 1.80. The maximum Gasteiger partial charge on any atom is 0.298 e. The van der Waals surface area contributed by atoms with Gasteiger partial charge in [-0.3, -0.25) is 0 Å². The Bertz CT molecular complexity index is 112. The van der Waals surface area contributed by atoms with Crippen LogP contribution in [0.4, 0.5) is 8.78 Å². The minimum absolute atomic E-state index is 0.238. The van der Waals surface area contributed by atoms with Gasteiger partial charge in [0.1, 0.15) is 0 Å². The topological polar surface area (TPSA) is 19.9 Å². The molecule has 1 nitrogen and oxygen atoms in total. The second-order valence-corrected chi connectivity index (χ2v) is 1.43. The van der Waals surface area contributed by atoms with Crippen LogP contribution in [-0.4, -0.2) is 13.0 Å². The summed E-state index contributed by atoms with van der Waals surface area (Å²) in [7, 11) is 0. The van der Waals surface area contributed by atoms with Crippen molar-refractivity contribution in [3.8, 4) is 11.8 Å². The van der Waals surface area contributed by atoms with Crippen LogP contribution in [0.15, 0.2) is 0 Å². The van der Waals surface area contributed by atoms with Gasteiger partial charge in [-0.25, -0.2) is 5.11 Å². The SMILES string of the molecule is [O]CCCC#CC(F)F. The predicted octanol–water partition coefficient (Wildman–Crippen LogP) is 1.47. The molecule has 0 bridgehead atoms. The molecule has 0 fully saturated rings. The lowest BCUT2D eigenvalue weighted by Gasteiger charge is -1.81. The summed E-state index contributed by atoms with van der Waals surface area (Å²) in [4.78, 5) is 0. The van der Waals surface area contributed by atoms with Crippen molar-refractivity contribution in [3.63, 3.8) is 0 Å². The highest BCUT2D eigenvalue weighted by molar-refractivity contribution is 5.00. The van der Waals surface area contributed by atoms with Gasteiger partial charge in [0.15, 0.2) is 0 Å². The second-order valence-electron chi connectivity index (χ2n) is 1.43.